The van der Waals surface area contributed by atoms with Gasteiger partial charge in [-0.25, -0.2) is 0 Å². The smallest absolute Gasteiger partial charge is 0.255 e. The van der Waals surface area contributed by atoms with Crippen LogP contribution < -0.4 is 10.6 Å². The molecule has 7 nitrogen and oxygen atoms in total. The Morgan fingerprint density at radius 2 is 1.91 bits per heavy atom. The first kappa shape index (κ1) is 20.8. The minimum absolute atomic E-state index is 0.125. The Morgan fingerprint density at radius 3 is 2.75 bits per heavy atom. The van der Waals surface area contributed by atoms with Crippen LogP contribution in [0.3, 0.4) is 0 Å². The fraction of sp³-hybridized carbons (Fsp3) is 0.400. The number of carbonyl (C=O) groups excluding carboxylic acids is 3. The summed E-state index contributed by atoms with van der Waals surface area (Å²) in [5, 5.41) is 5.92. The van der Waals surface area contributed by atoms with E-state index in [0.29, 0.717) is 25.1 Å². The molecule has 0 saturated carbocycles. The van der Waals surface area contributed by atoms with Gasteiger partial charge >= 0.3 is 0 Å². The highest BCUT2D eigenvalue weighted by Crippen LogP contribution is 2.32. The summed E-state index contributed by atoms with van der Waals surface area (Å²) in [5.41, 5.74) is 5.50. The molecule has 3 aliphatic heterocycles. The molecule has 2 unspecified atom stereocenters. The van der Waals surface area contributed by atoms with Gasteiger partial charge in [0.2, 0.25) is 11.8 Å². The second-order valence-corrected chi connectivity index (χ2v) is 8.93. The third-order valence-corrected chi connectivity index (χ3v) is 6.95. The van der Waals surface area contributed by atoms with Crippen LogP contribution in [0, 0.1) is 0 Å². The number of imide groups is 1. The minimum Gasteiger partial charge on any atom is -0.322 e. The molecule has 32 heavy (non-hydrogen) atoms. The van der Waals surface area contributed by atoms with Crippen molar-refractivity contribution in [2.75, 3.05) is 20.1 Å². The first-order chi connectivity index (χ1) is 15.5. The lowest BCUT2D eigenvalue weighted by Gasteiger charge is -2.30. The summed E-state index contributed by atoms with van der Waals surface area (Å²) in [6.07, 6.45) is 1.67. The Bertz CT molecular complexity index is 1080. The summed E-state index contributed by atoms with van der Waals surface area (Å²) >= 11 is 0. The number of nitrogens with one attached hydrogen (secondary N) is 2. The van der Waals surface area contributed by atoms with E-state index in [1.165, 1.54) is 11.1 Å². The first-order valence-electron chi connectivity index (χ1n) is 11.3. The number of carbonyl (C=O) groups is 3. The van der Waals surface area contributed by atoms with Gasteiger partial charge in [0, 0.05) is 37.7 Å². The van der Waals surface area contributed by atoms with E-state index in [1.54, 1.807) is 4.90 Å². The van der Waals surface area contributed by atoms with Crippen molar-refractivity contribution in [2.24, 2.45) is 0 Å². The lowest BCUT2D eigenvalue weighted by Crippen LogP contribution is -2.52. The first-order valence-corrected chi connectivity index (χ1v) is 11.3. The van der Waals surface area contributed by atoms with Gasteiger partial charge in [-0.2, -0.15) is 0 Å². The van der Waals surface area contributed by atoms with Gasteiger partial charge in [-0.1, -0.05) is 36.4 Å². The largest absolute Gasteiger partial charge is 0.322 e. The maximum Gasteiger partial charge on any atom is 0.255 e. The molecule has 2 N–H and O–H groups in total. The summed E-state index contributed by atoms with van der Waals surface area (Å²) in [6, 6.07) is 14.1. The topological polar surface area (TPSA) is 81.8 Å². The van der Waals surface area contributed by atoms with Crippen molar-refractivity contribution >= 4 is 17.7 Å². The fourth-order valence-corrected chi connectivity index (χ4v) is 5.23. The highest BCUT2D eigenvalue weighted by atomic mass is 16.2. The third kappa shape index (κ3) is 3.72. The standard InChI is InChI=1S/C25H28N4O3/c1-28(22-13-26-12-11-16-5-2-3-7-18(16)22)14-17-6-4-8-19-20(17)15-29(25(19)32)21-9-10-23(30)27-24(21)31/h2-8,21-22,26H,9-15H2,1H3,(H,27,30,31). The van der Waals surface area contributed by atoms with Gasteiger partial charge in [0.25, 0.3) is 5.91 Å². The van der Waals surface area contributed by atoms with Gasteiger partial charge in [0.05, 0.1) is 0 Å². The van der Waals surface area contributed by atoms with E-state index in [1.807, 2.05) is 12.1 Å². The van der Waals surface area contributed by atoms with E-state index in [9.17, 15) is 14.4 Å². The fourth-order valence-electron chi connectivity index (χ4n) is 5.23. The summed E-state index contributed by atoms with van der Waals surface area (Å²) < 4.78 is 0. The molecule has 0 aromatic heterocycles. The Labute approximate surface area is 187 Å². The quantitative estimate of drug-likeness (QED) is 0.720. The van der Waals surface area contributed by atoms with E-state index >= 15 is 0 Å². The zero-order chi connectivity index (χ0) is 22.2. The van der Waals surface area contributed by atoms with Crippen LogP contribution in [0.1, 0.15) is 51.5 Å². The molecule has 2 aromatic carbocycles. The molecule has 166 valence electrons. The van der Waals surface area contributed by atoms with Crippen molar-refractivity contribution in [3.63, 3.8) is 0 Å². The monoisotopic (exact) mass is 432 g/mol. The van der Waals surface area contributed by atoms with Gasteiger partial charge < -0.3 is 10.2 Å². The van der Waals surface area contributed by atoms with Gasteiger partial charge in [0.15, 0.2) is 0 Å². The number of piperidine rings is 1. The van der Waals surface area contributed by atoms with E-state index in [0.717, 1.165) is 30.6 Å². The Hall–Kier alpha value is -3.03. The van der Waals surface area contributed by atoms with Gasteiger partial charge in [-0.3, -0.25) is 24.6 Å². The van der Waals surface area contributed by atoms with E-state index in [-0.39, 0.29) is 30.2 Å². The predicted octanol–water partition coefficient (Wildman–Crippen LogP) is 1.77. The molecule has 0 spiro atoms. The number of amides is 3. The zero-order valence-corrected chi connectivity index (χ0v) is 18.3. The summed E-state index contributed by atoms with van der Waals surface area (Å²) in [5.74, 6) is -0.766. The van der Waals surface area contributed by atoms with Crippen LogP contribution in [0.5, 0.6) is 0 Å². The van der Waals surface area contributed by atoms with Crippen LogP contribution in [0.15, 0.2) is 42.5 Å². The van der Waals surface area contributed by atoms with E-state index in [4.69, 9.17) is 0 Å². The molecule has 2 aromatic rings. The third-order valence-electron chi connectivity index (χ3n) is 6.95. The Morgan fingerprint density at radius 1 is 1.06 bits per heavy atom. The summed E-state index contributed by atoms with van der Waals surface area (Å²) in [7, 11) is 2.13. The van der Waals surface area contributed by atoms with E-state index < -0.39 is 6.04 Å². The normalized spacial score (nSPS) is 23.1. The Kier molecular flexibility index (Phi) is 5.53. The number of nitrogens with zero attached hydrogens (tertiary/aromatic N) is 2. The Balaban J connectivity index is 1.38. The van der Waals surface area contributed by atoms with Crippen molar-refractivity contribution in [1.82, 2.24) is 20.4 Å². The molecule has 0 aliphatic carbocycles. The lowest BCUT2D eigenvalue weighted by atomic mass is 9.97. The predicted molar refractivity (Wildman–Crippen MR) is 120 cm³/mol. The van der Waals surface area contributed by atoms with E-state index in [2.05, 4.69) is 52.9 Å². The molecule has 0 bridgehead atoms. The molecular weight excluding hydrogens is 404 g/mol. The molecule has 1 saturated heterocycles. The van der Waals surface area contributed by atoms with Crippen LogP contribution in [-0.4, -0.2) is 53.7 Å². The van der Waals surface area contributed by atoms with Crippen molar-refractivity contribution in [3.05, 3.63) is 70.3 Å². The van der Waals surface area contributed by atoms with Crippen LogP contribution in [0.4, 0.5) is 0 Å². The summed E-state index contributed by atoms with van der Waals surface area (Å²) in [6.45, 7) is 2.96. The van der Waals surface area contributed by atoms with Crippen molar-refractivity contribution < 1.29 is 14.4 Å². The van der Waals surface area contributed by atoms with Gasteiger partial charge in [-0.05, 0) is 54.8 Å². The zero-order valence-electron chi connectivity index (χ0n) is 18.3. The molecule has 2 atom stereocenters. The van der Waals surface area contributed by atoms with Crippen LogP contribution in [0.25, 0.3) is 0 Å². The molecule has 1 fully saturated rings. The average molecular weight is 433 g/mol. The highest BCUT2D eigenvalue weighted by molar-refractivity contribution is 6.05. The molecule has 3 amide bonds. The van der Waals surface area contributed by atoms with Crippen molar-refractivity contribution in [1.29, 1.82) is 0 Å². The number of fused-ring (bicyclic) bond motifs is 2. The molecule has 3 heterocycles. The molecule has 5 rings (SSSR count). The van der Waals surface area contributed by atoms with Crippen molar-refractivity contribution in [2.45, 2.75) is 44.4 Å². The minimum atomic E-state index is -0.587. The molecule has 7 heteroatoms. The molecular formula is C25H28N4O3. The molecule has 0 radical (unpaired) electrons. The average Bonchev–Trinajstić information content (AvgIpc) is 2.98. The highest BCUT2D eigenvalue weighted by Gasteiger charge is 2.40. The maximum absolute atomic E-state index is 13.1. The number of hydrogen-bond donors (Lipinski definition) is 2. The number of rotatable bonds is 4. The number of benzene rings is 2. The van der Waals surface area contributed by atoms with Crippen LogP contribution in [-0.2, 0) is 29.1 Å². The maximum atomic E-state index is 13.1. The number of hydrogen-bond acceptors (Lipinski definition) is 5. The van der Waals surface area contributed by atoms with Crippen molar-refractivity contribution in [3.8, 4) is 0 Å². The van der Waals surface area contributed by atoms with Gasteiger partial charge in [-0.15, -0.1) is 0 Å². The number of likely N-dealkylation sites (N-methyl/N-ethyl adjacent to an activating group) is 1. The second kappa shape index (κ2) is 8.48. The van der Waals surface area contributed by atoms with Crippen LogP contribution in [0.2, 0.25) is 0 Å². The second-order valence-electron chi connectivity index (χ2n) is 8.93. The van der Waals surface area contributed by atoms with Crippen LogP contribution >= 0.6 is 0 Å². The SMILES string of the molecule is CN(Cc1cccc2c1CN(C1CCC(=O)NC1=O)C2=O)C1CNCCc2ccccc21. The lowest BCUT2D eigenvalue weighted by molar-refractivity contribution is -0.136. The molecule has 3 aliphatic rings. The van der Waals surface area contributed by atoms with Gasteiger partial charge in [0.1, 0.15) is 6.04 Å². The summed E-state index contributed by atoms with van der Waals surface area (Å²) in [4.78, 5) is 41.0.